The highest BCUT2D eigenvalue weighted by atomic mass is 16.7. The van der Waals surface area contributed by atoms with Crippen molar-refractivity contribution in [3.8, 4) is 0 Å². The van der Waals surface area contributed by atoms with Gasteiger partial charge in [0.25, 0.3) is 0 Å². The van der Waals surface area contributed by atoms with Crippen LogP contribution in [0.25, 0.3) is 0 Å². The number of aromatic nitrogens is 2. The second kappa shape index (κ2) is 7.97. The van der Waals surface area contributed by atoms with E-state index in [0.29, 0.717) is 18.6 Å². The number of hydrogen-bond donors (Lipinski definition) is 2. The molecule has 7 nitrogen and oxygen atoms in total. The predicted molar refractivity (Wildman–Crippen MR) is 90.8 cm³/mol. The van der Waals surface area contributed by atoms with Crippen molar-refractivity contribution >= 4 is 12.6 Å². The van der Waals surface area contributed by atoms with Gasteiger partial charge in [0.1, 0.15) is 0 Å². The molecule has 0 aromatic carbocycles. The fourth-order valence-electron chi connectivity index (χ4n) is 2.24. The summed E-state index contributed by atoms with van der Waals surface area (Å²) in [5.74, 6) is 0. The van der Waals surface area contributed by atoms with Crippen molar-refractivity contribution in [2.24, 2.45) is 0 Å². The quantitative estimate of drug-likeness (QED) is 0.677. The summed E-state index contributed by atoms with van der Waals surface area (Å²) in [6.45, 7) is 8.59. The van der Waals surface area contributed by atoms with Crippen molar-refractivity contribution in [2.75, 3.05) is 13.2 Å². The van der Waals surface area contributed by atoms with E-state index < -0.39 is 18.3 Å². The second-order valence-corrected chi connectivity index (χ2v) is 7.24. The average molecular weight is 340 g/mol. The molecule has 0 spiro atoms. The van der Waals surface area contributed by atoms with Crippen LogP contribution in [0.1, 0.15) is 47.0 Å². The van der Waals surface area contributed by atoms with Gasteiger partial charge in [-0.05, 0) is 47.0 Å². The van der Waals surface area contributed by atoms with Gasteiger partial charge in [0, 0.05) is 24.5 Å². The first kappa shape index (κ1) is 19.4. The smallest absolute Gasteiger partial charge is 0.423 e. The summed E-state index contributed by atoms with van der Waals surface area (Å²) in [6.07, 6.45) is 6.33. The van der Waals surface area contributed by atoms with E-state index in [1.807, 2.05) is 0 Å². The summed E-state index contributed by atoms with van der Waals surface area (Å²) >= 11 is 0. The zero-order chi connectivity index (χ0) is 17.8. The maximum Gasteiger partial charge on any atom is 0.494 e. The molecule has 1 saturated heterocycles. The monoisotopic (exact) mass is 340 g/mol. The molecule has 0 bridgehead atoms. The van der Waals surface area contributed by atoms with E-state index in [0.717, 1.165) is 25.9 Å². The Morgan fingerprint density at radius 3 is 2.75 bits per heavy atom. The molecule has 0 unspecified atom stereocenters. The molecule has 24 heavy (non-hydrogen) atoms. The van der Waals surface area contributed by atoms with Crippen molar-refractivity contribution in [2.45, 2.75) is 71.0 Å². The number of rotatable bonds is 8. The van der Waals surface area contributed by atoms with E-state index >= 15 is 0 Å². The molecule has 1 atom stereocenters. The van der Waals surface area contributed by atoms with Crippen LogP contribution >= 0.6 is 0 Å². The molecular weight excluding hydrogens is 311 g/mol. The Morgan fingerprint density at radius 2 is 2.12 bits per heavy atom. The topological polar surface area (TPSA) is 86.0 Å². The summed E-state index contributed by atoms with van der Waals surface area (Å²) in [6, 6.07) is 0. The number of ether oxygens (including phenoxy) is 2. The van der Waals surface area contributed by atoms with Crippen LogP contribution in [0.2, 0.25) is 0 Å². The zero-order valence-corrected chi connectivity index (χ0v) is 15.1. The summed E-state index contributed by atoms with van der Waals surface area (Å²) in [7, 11) is -1.15. The van der Waals surface area contributed by atoms with Crippen LogP contribution in [0.15, 0.2) is 12.4 Å². The molecule has 1 aromatic rings. The summed E-state index contributed by atoms with van der Waals surface area (Å²) in [5.41, 5.74) is -1.45. The molecule has 8 heteroatoms. The van der Waals surface area contributed by atoms with Gasteiger partial charge in [0.2, 0.25) is 0 Å². The Bertz CT molecular complexity index is 509. The van der Waals surface area contributed by atoms with Gasteiger partial charge >= 0.3 is 7.12 Å². The summed E-state index contributed by atoms with van der Waals surface area (Å²) in [5, 5.41) is 24.5. The first-order valence-corrected chi connectivity index (χ1v) is 8.53. The molecule has 2 N–H and O–H groups in total. The summed E-state index contributed by atoms with van der Waals surface area (Å²) in [4.78, 5) is 0. The molecular formula is C16H29BN2O5. The van der Waals surface area contributed by atoms with Crippen molar-refractivity contribution in [3.05, 3.63) is 12.4 Å². The van der Waals surface area contributed by atoms with Crippen molar-refractivity contribution < 1.29 is 24.3 Å². The van der Waals surface area contributed by atoms with E-state index in [1.54, 1.807) is 44.8 Å². The second-order valence-electron chi connectivity index (χ2n) is 7.24. The fourth-order valence-corrected chi connectivity index (χ4v) is 2.24. The minimum atomic E-state index is -1.15. The Labute approximate surface area is 144 Å². The lowest BCUT2D eigenvalue weighted by Gasteiger charge is -2.38. The minimum Gasteiger partial charge on any atom is -0.423 e. The lowest BCUT2D eigenvalue weighted by Crippen LogP contribution is -2.53. The highest BCUT2D eigenvalue weighted by Gasteiger charge is 2.39. The van der Waals surface area contributed by atoms with Gasteiger partial charge in [0.05, 0.1) is 24.4 Å². The molecule has 0 aliphatic carbocycles. The van der Waals surface area contributed by atoms with Crippen LogP contribution in [0.4, 0.5) is 0 Å². The van der Waals surface area contributed by atoms with Gasteiger partial charge in [-0.25, -0.2) is 0 Å². The van der Waals surface area contributed by atoms with Crippen LogP contribution < -0.4 is 5.46 Å². The Morgan fingerprint density at radius 1 is 1.38 bits per heavy atom. The number of aliphatic hydroxyl groups is 1. The standard InChI is InChI=1S/C16H29BN2O5/c1-15(2,20)16(3,4)24-17(21)13-11-18-19(12-13)8-10-23-14-7-5-6-9-22-14/h11-12,14,20-21H,5-10H2,1-4H3/t14-/m1/s1. The maximum absolute atomic E-state index is 10.2. The zero-order valence-electron chi connectivity index (χ0n) is 15.1. The number of hydrogen-bond acceptors (Lipinski definition) is 6. The third kappa shape index (κ3) is 5.29. The van der Waals surface area contributed by atoms with Crippen LogP contribution in [-0.4, -0.2) is 57.7 Å². The highest BCUT2D eigenvalue weighted by Crippen LogP contribution is 2.25. The lowest BCUT2D eigenvalue weighted by molar-refractivity contribution is -0.163. The SMILES string of the molecule is CC(C)(O)C(C)(C)OB(O)c1cnn(CCO[C@@H]2CCCCO2)c1. The van der Waals surface area contributed by atoms with E-state index in [-0.39, 0.29) is 6.29 Å². The van der Waals surface area contributed by atoms with E-state index in [4.69, 9.17) is 14.1 Å². The molecule has 0 saturated carbocycles. The van der Waals surface area contributed by atoms with Crippen LogP contribution in [0.3, 0.4) is 0 Å². The fraction of sp³-hybridized carbons (Fsp3) is 0.812. The van der Waals surface area contributed by atoms with Gasteiger partial charge in [0.15, 0.2) is 6.29 Å². The normalized spacial score (nSPS) is 19.5. The Kier molecular flexibility index (Phi) is 6.44. The van der Waals surface area contributed by atoms with Gasteiger partial charge in [-0.2, -0.15) is 5.10 Å². The molecule has 1 aliphatic rings. The van der Waals surface area contributed by atoms with Crippen molar-refractivity contribution in [1.82, 2.24) is 9.78 Å². The molecule has 0 radical (unpaired) electrons. The minimum absolute atomic E-state index is 0.115. The third-order valence-corrected chi connectivity index (χ3v) is 4.58. The van der Waals surface area contributed by atoms with E-state index in [9.17, 15) is 10.1 Å². The van der Waals surface area contributed by atoms with E-state index in [2.05, 4.69) is 5.10 Å². The summed E-state index contributed by atoms with van der Waals surface area (Å²) < 4.78 is 18.5. The van der Waals surface area contributed by atoms with Crippen LogP contribution in [0, 0.1) is 0 Å². The lowest BCUT2D eigenvalue weighted by atomic mass is 9.78. The third-order valence-electron chi connectivity index (χ3n) is 4.58. The van der Waals surface area contributed by atoms with Crippen molar-refractivity contribution in [1.29, 1.82) is 0 Å². The molecule has 1 fully saturated rings. The number of nitrogens with zero attached hydrogens (tertiary/aromatic N) is 2. The first-order valence-electron chi connectivity index (χ1n) is 8.53. The van der Waals surface area contributed by atoms with E-state index in [1.165, 1.54) is 0 Å². The van der Waals surface area contributed by atoms with Gasteiger partial charge < -0.3 is 24.3 Å². The van der Waals surface area contributed by atoms with Gasteiger partial charge in [-0.3, -0.25) is 4.68 Å². The Hall–Kier alpha value is -0.925. The van der Waals surface area contributed by atoms with Gasteiger partial charge in [-0.1, -0.05) is 0 Å². The molecule has 0 amide bonds. The highest BCUT2D eigenvalue weighted by molar-refractivity contribution is 6.59. The molecule has 1 aromatic heterocycles. The van der Waals surface area contributed by atoms with Crippen LogP contribution in [-0.2, 0) is 20.7 Å². The molecule has 136 valence electrons. The largest absolute Gasteiger partial charge is 0.494 e. The average Bonchev–Trinajstić information content (AvgIpc) is 2.96. The van der Waals surface area contributed by atoms with Gasteiger partial charge in [-0.15, -0.1) is 0 Å². The molecule has 1 aliphatic heterocycles. The maximum atomic E-state index is 10.2. The predicted octanol–water partition coefficient (Wildman–Crippen LogP) is 0.680. The van der Waals surface area contributed by atoms with Crippen LogP contribution in [0.5, 0.6) is 0 Å². The molecule has 2 rings (SSSR count). The first-order chi connectivity index (χ1) is 11.2. The molecule has 2 heterocycles. The van der Waals surface area contributed by atoms with Crippen molar-refractivity contribution in [3.63, 3.8) is 0 Å². The Balaban J connectivity index is 1.81.